The number of carbonyl (C=O) groups excluding carboxylic acids is 3. The Morgan fingerprint density at radius 2 is 1.88 bits per heavy atom. The van der Waals surface area contributed by atoms with Crippen molar-refractivity contribution >= 4 is 35.0 Å². The molecule has 3 rings (SSSR count). The molecule has 33 heavy (non-hydrogen) atoms. The van der Waals surface area contributed by atoms with E-state index in [1.54, 1.807) is 24.3 Å². The van der Waals surface area contributed by atoms with Gasteiger partial charge in [0.25, 0.3) is 5.91 Å². The average Bonchev–Trinajstić information content (AvgIpc) is 3.24. The van der Waals surface area contributed by atoms with Crippen molar-refractivity contribution in [2.24, 2.45) is 11.7 Å². The fraction of sp³-hybridized carbons (Fsp3) is 0.400. The van der Waals surface area contributed by atoms with Crippen molar-refractivity contribution in [1.82, 2.24) is 10.2 Å². The van der Waals surface area contributed by atoms with Crippen LogP contribution in [0.15, 0.2) is 54.6 Å². The van der Waals surface area contributed by atoms with E-state index in [1.165, 1.54) is 0 Å². The first-order valence-corrected chi connectivity index (χ1v) is 11.6. The van der Waals surface area contributed by atoms with Crippen LogP contribution in [0.5, 0.6) is 0 Å². The molecule has 8 heteroatoms. The molecule has 2 aromatic rings. The number of nitrogens with one attached hydrogen (secondary N) is 2. The highest BCUT2D eigenvalue weighted by atomic mass is 35.5. The van der Waals surface area contributed by atoms with Gasteiger partial charge in [-0.05, 0) is 56.8 Å². The molecule has 0 saturated carbocycles. The van der Waals surface area contributed by atoms with Gasteiger partial charge in [0, 0.05) is 22.8 Å². The molecule has 1 unspecified atom stereocenters. The molecule has 7 nitrogen and oxygen atoms in total. The molecule has 0 radical (unpaired) electrons. The van der Waals surface area contributed by atoms with Crippen LogP contribution in [-0.2, 0) is 9.59 Å². The van der Waals surface area contributed by atoms with Gasteiger partial charge in [-0.25, -0.2) is 0 Å². The van der Waals surface area contributed by atoms with E-state index in [2.05, 4.69) is 15.5 Å². The van der Waals surface area contributed by atoms with Gasteiger partial charge in [0.2, 0.25) is 11.8 Å². The number of nitrogens with two attached hydrogens (primary N) is 1. The normalized spacial score (nSPS) is 16.3. The number of halogens is 1. The van der Waals surface area contributed by atoms with Crippen molar-refractivity contribution in [3.63, 3.8) is 0 Å². The van der Waals surface area contributed by atoms with Crippen LogP contribution in [0.4, 0.5) is 5.69 Å². The van der Waals surface area contributed by atoms with Crippen LogP contribution in [0.1, 0.15) is 43.0 Å². The number of carbonyl (C=O) groups is 3. The summed E-state index contributed by atoms with van der Waals surface area (Å²) in [6.07, 6.45) is 3.07. The summed E-state index contributed by atoms with van der Waals surface area (Å²) in [5.41, 5.74) is 6.32. The molecule has 0 aromatic heterocycles. The summed E-state index contributed by atoms with van der Waals surface area (Å²) in [6.45, 7) is 3.66. The number of anilines is 1. The van der Waals surface area contributed by atoms with Crippen molar-refractivity contribution in [2.45, 2.75) is 38.6 Å². The lowest BCUT2D eigenvalue weighted by atomic mass is 10.1. The van der Waals surface area contributed by atoms with Crippen LogP contribution >= 0.6 is 11.6 Å². The molecule has 1 saturated heterocycles. The molecular weight excluding hydrogens is 440 g/mol. The van der Waals surface area contributed by atoms with Crippen LogP contribution in [-0.4, -0.2) is 48.8 Å². The zero-order chi connectivity index (χ0) is 24.2. The molecule has 1 heterocycles. The maximum Gasteiger partial charge on any atom is 0.252 e. The fourth-order valence-corrected chi connectivity index (χ4v) is 3.63. The van der Waals surface area contributed by atoms with Crippen LogP contribution < -0.4 is 16.4 Å². The van der Waals surface area contributed by atoms with Crippen LogP contribution in [0.25, 0.3) is 0 Å². The first-order valence-electron chi connectivity index (χ1n) is 11.2. The number of rotatable bonds is 8. The molecule has 0 spiro atoms. The predicted molar refractivity (Wildman–Crippen MR) is 132 cm³/mol. The first kappa shape index (κ1) is 26.4. The van der Waals surface area contributed by atoms with E-state index in [1.807, 2.05) is 44.3 Å². The minimum Gasteiger partial charge on any atom is -0.368 e. The van der Waals surface area contributed by atoms with Crippen molar-refractivity contribution in [1.29, 1.82) is 0 Å². The average molecular weight is 473 g/mol. The summed E-state index contributed by atoms with van der Waals surface area (Å²) in [5.74, 6) is -0.987. The van der Waals surface area contributed by atoms with Crippen LogP contribution in [0, 0.1) is 5.92 Å². The minimum atomic E-state index is -0.685. The number of likely N-dealkylation sites (tertiary alicyclic amines) is 1. The molecular formula is C25H33ClN4O3. The van der Waals surface area contributed by atoms with Gasteiger partial charge in [0.05, 0.1) is 5.92 Å². The maximum absolute atomic E-state index is 12.4. The SMILES string of the molecule is CCCCC(NC(=O)c1cccc(NC(=O)[C@H]2CCN(C)C2)c1)C(N)=O.Clc1ccccc1. The molecule has 1 fully saturated rings. The molecule has 1 aliphatic heterocycles. The van der Waals surface area contributed by atoms with Gasteiger partial charge >= 0.3 is 0 Å². The van der Waals surface area contributed by atoms with Gasteiger partial charge in [-0.15, -0.1) is 0 Å². The second-order valence-electron chi connectivity index (χ2n) is 8.18. The highest BCUT2D eigenvalue weighted by Crippen LogP contribution is 2.18. The molecule has 1 aliphatic rings. The smallest absolute Gasteiger partial charge is 0.252 e. The van der Waals surface area contributed by atoms with Crippen molar-refractivity contribution in [2.75, 3.05) is 25.5 Å². The van der Waals surface area contributed by atoms with E-state index in [0.717, 1.165) is 37.4 Å². The maximum atomic E-state index is 12.4. The van der Waals surface area contributed by atoms with Crippen LogP contribution in [0.2, 0.25) is 5.02 Å². The lowest BCUT2D eigenvalue weighted by Crippen LogP contribution is -2.44. The number of nitrogens with zero attached hydrogens (tertiary/aromatic N) is 1. The summed E-state index contributed by atoms with van der Waals surface area (Å²) < 4.78 is 0. The van der Waals surface area contributed by atoms with Gasteiger partial charge in [0.15, 0.2) is 0 Å². The molecule has 0 bridgehead atoms. The Hall–Kier alpha value is -2.90. The Bertz CT molecular complexity index is 923. The standard InChI is InChI=1S/C19H28N4O3.C6H5Cl/c1-3-4-8-16(17(20)24)22-18(25)13-6-5-7-15(11-13)21-19(26)14-9-10-23(2)12-14;7-6-4-2-1-3-5-6/h5-7,11,14,16H,3-4,8-10,12H2,1-2H3,(H2,20,24)(H,21,26)(H,22,25);1-5H/t14-,16?;/m0./s1. The van der Waals surface area contributed by atoms with Gasteiger partial charge in [-0.1, -0.05) is 55.6 Å². The number of primary amides is 1. The van der Waals surface area contributed by atoms with E-state index in [0.29, 0.717) is 17.7 Å². The van der Waals surface area contributed by atoms with E-state index in [4.69, 9.17) is 17.3 Å². The predicted octanol–water partition coefficient (Wildman–Crippen LogP) is 3.69. The summed E-state index contributed by atoms with van der Waals surface area (Å²) in [4.78, 5) is 38.4. The van der Waals surface area contributed by atoms with Gasteiger partial charge in [-0.2, -0.15) is 0 Å². The monoisotopic (exact) mass is 472 g/mol. The van der Waals surface area contributed by atoms with E-state index < -0.39 is 11.9 Å². The summed E-state index contributed by atoms with van der Waals surface area (Å²) in [7, 11) is 1.99. The Kier molecular flexibility index (Phi) is 10.9. The molecule has 3 amide bonds. The number of amides is 3. The third-order valence-corrected chi connectivity index (χ3v) is 5.63. The topological polar surface area (TPSA) is 105 Å². The Morgan fingerprint density at radius 1 is 1.15 bits per heavy atom. The summed E-state index contributed by atoms with van der Waals surface area (Å²) in [5, 5.41) is 6.34. The Labute approximate surface area is 200 Å². The zero-order valence-electron chi connectivity index (χ0n) is 19.2. The number of unbranched alkanes of at least 4 members (excludes halogenated alkanes) is 1. The van der Waals surface area contributed by atoms with Crippen LogP contribution in [0.3, 0.4) is 0 Å². The fourth-order valence-electron chi connectivity index (χ4n) is 3.48. The minimum absolute atomic E-state index is 0.0363. The van der Waals surface area contributed by atoms with E-state index in [-0.39, 0.29) is 17.7 Å². The Balaban J connectivity index is 0.000000468. The quantitative estimate of drug-likeness (QED) is 0.544. The lowest BCUT2D eigenvalue weighted by molar-refractivity contribution is -0.120. The van der Waals surface area contributed by atoms with E-state index >= 15 is 0 Å². The second kappa shape index (κ2) is 13.6. The van der Waals surface area contributed by atoms with Gasteiger partial charge in [0.1, 0.15) is 6.04 Å². The number of hydrogen-bond acceptors (Lipinski definition) is 4. The van der Waals surface area contributed by atoms with E-state index in [9.17, 15) is 14.4 Å². The third-order valence-electron chi connectivity index (χ3n) is 5.38. The molecule has 178 valence electrons. The molecule has 0 aliphatic carbocycles. The molecule has 2 aromatic carbocycles. The van der Waals surface area contributed by atoms with Crippen molar-refractivity contribution < 1.29 is 14.4 Å². The molecule has 4 N–H and O–H groups in total. The third kappa shape index (κ3) is 9.24. The number of hydrogen-bond donors (Lipinski definition) is 3. The largest absolute Gasteiger partial charge is 0.368 e. The zero-order valence-corrected chi connectivity index (χ0v) is 20.0. The van der Waals surface area contributed by atoms with Crippen molar-refractivity contribution in [3.8, 4) is 0 Å². The summed E-state index contributed by atoms with van der Waals surface area (Å²) in [6, 6.07) is 15.5. The number of benzene rings is 2. The summed E-state index contributed by atoms with van der Waals surface area (Å²) >= 11 is 5.54. The lowest BCUT2D eigenvalue weighted by Gasteiger charge is -2.16. The van der Waals surface area contributed by atoms with Gasteiger partial charge < -0.3 is 21.3 Å². The van der Waals surface area contributed by atoms with Gasteiger partial charge in [-0.3, -0.25) is 14.4 Å². The first-order chi connectivity index (χ1) is 15.8. The highest BCUT2D eigenvalue weighted by Gasteiger charge is 2.26. The van der Waals surface area contributed by atoms with Crippen molar-refractivity contribution in [3.05, 3.63) is 65.2 Å². The molecule has 2 atom stereocenters. The highest BCUT2D eigenvalue weighted by molar-refractivity contribution is 6.30. The Morgan fingerprint density at radius 3 is 2.42 bits per heavy atom. The second-order valence-corrected chi connectivity index (χ2v) is 8.62.